The molecule has 0 aromatic rings. The van der Waals surface area contributed by atoms with Gasteiger partial charge in [-0.1, -0.05) is 0 Å². The molecule has 16 heavy (non-hydrogen) atoms. The number of hydrogen-bond acceptors (Lipinski definition) is 5. The molecule has 1 atom stereocenters. The molecule has 94 valence electrons. The van der Waals surface area contributed by atoms with E-state index in [9.17, 15) is 14.7 Å². The highest BCUT2D eigenvalue weighted by Gasteiger charge is 2.18. The van der Waals surface area contributed by atoms with E-state index in [1.54, 1.807) is 20.8 Å². The maximum absolute atomic E-state index is 11.1. The summed E-state index contributed by atoms with van der Waals surface area (Å²) in [6, 6.07) is 0. The Morgan fingerprint density at radius 3 is 2.38 bits per heavy atom. The Morgan fingerprint density at radius 1 is 1.38 bits per heavy atom. The van der Waals surface area contributed by atoms with Gasteiger partial charge in [0.25, 0.3) is 0 Å². The molecule has 0 spiro atoms. The second-order valence-electron chi connectivity index (χ2n) is 4.26. The maximum Gasteiger partial charge on any atom is 0.407 e. The molecule has 0 heterocycles. The fraction of sp³-hybridized carbons (Fsp3) is 0.800. The zero-order chi connectivity index (χ0) is 12.8. The molecule has 0 aliphatic rings. The summed E-state index contributed by atoms with van der Waals surface area (Å²) in [5.41, 5.74) is -0.564. The van der Waals surface area contributed by atoms with Crippen LogP contribution in [-0.2, 0) is 14.3 Å². The molecular weight excluding hydrogens is 214 g/mol. The highest BCUT2D eigenvalue weighted by molar-refractivity contribution is 5.74. The summed E-state index contributed by atoms with van der Waals surface area (Å²) in [6.45, 7) is 5.38. The normalized spacial score (nSPS) is 12.8. The third-order valence-corrected chi connectivity index (χ3v) is 1.56. The third-order valence-electron chi connectivity index (χ3n) is 1.56. The molecule has 0 rings (SSSR count). The van der Waals surface area contributed by atoms with Crippen LogP contribution in [0.3, 0.4) is 0 Å². The number of esters is 1. The van der Waals surface area contributed by atoms with Crippen LogP contribution in [0.4, 0.5) is 4.79 Å². The fourth-order valence-electron chi connectivity index (χ4n) is 0.879. The van der Waals surface area contributed by atoms with Crippen LogP contribution in [0.5, 0.6) is 0 Å². The van der Waals surface area contributed by atoms with Crippen LogP contribution in [0.2, 0.25) is 0 Å². The van der Waals surface area contributed by atoms with E-state index in [2.05, 4.69) is 10.1 Å². The predicted molar refractivity (Wildman–Crippen MR) is 56.9 cm³/mol. The number of aliphatic hydroxyl groups excluding tert-OH is 1. The van der Waals surface area contributed by atoms with Crippen molar-refractivity contribution in [2.45, 2.75) is 38.9 Å². The zero-order valence-corrected chi connectivity index (χ0v) is 10.1. The number of aliphatic hydroxyl groups is 1. The van der Waals surface area contributed by atoms with Gasteiger partial charge in [-0.25, -0.2) is 9.59 Å². The molecule has 0 saturated heterocycles. The molecule has 0 fully saturated rings. The summed E-state index contributed by atoms with van der Waals surface area (Å²) in [7, 11) is 1.19. The Morgan fingerprint density at radius 2 is 1.94 bits per heavy atom. The van der Waals surface area contributed by atoms with E-state index in [1.807, 2.05) is 0 Å². The van der Waals surface area contributed by atoms with Gasteiger partial charge in [-0.05, 0) is 20.8 Å². The van der Waals surface area contributed by atoms with Crippen molar-refractivity contribution in [3.8, 4) is 0 Å². The summed E-state index contributed by atoms with van der Waals surface area (Å²) in [5, 5.41) is 11.6. The second-order valence-corrected chi connectivity index (χ2v) is 4.26. The number of rotatable bonds is 4. The van der Waals surface area contributed by atoms with E-state index in [1.165, 1.54) is 7.11 Å². The van der Waals surface area contributed by atoms with Crippen LogP contribution in [0.15, 0.2) is 0 Å². The highest BCUT2D eigenvalue weighted by atomic mass is 16.6. The van der Waals surface area contributed by atoms with E-state index in [4.69, 9.17) is 4.74 Å². The Balaban J connectivity index is 3.74. The summed E-state index contributed by atoms with van der Waals surface area (Å²) >= 11 is 0. The fourth-order valence-corrected chi connectivity index (χ4v) is 0.879. The van der Waals surface area contributed by atoms with Gasteiger partial charge < -0.3 is 19.9 Å². The molecule has 0 saturated carbocycles. The largest absolute Gasteiger partial charge is 0.467 e. The number of alkyl carbamates (subject to hydrolysis) is 1. The van der Waals surface area contributed by atoms with Crippen molar-refractivity contribution in [2.24, 2.45) is 0 Å². The first-order valence-electron chi connectivity index (χ1n) is 4.99. The predicted octanol–water partition coefficient (Wildman–Crippen LogP) is 0.435. The molecule has 6 nitrogen and oxygen atoms in total. The average molecular weight is 233 g/mol. The number of carbonyl (C=O) groups excluding carboxylic acids is 2. The van der Waals surface area contributed by atoms with Gasteiger partial charge in [0.1, 0.15) is 5.60 Å². The number of hydrogen-bond donors (Lipinski definition) is 2. The highest BCUT2D eigenvalue weighted by Crippen LogP contribution is 2.06. The van der Waals surface area contributed by atoms with E-state index >= 15 is 0 Å². The Kier molecular flexibility index (Phi) is 5.81. The molecule has 1 unspecified atom stereocenters. The van der Waals surface area contributed by atoms with Crippen molar-refractivity contribution < 1.29 is 24.2 Å². The monoisotopic (exact) mass is 233 g/mol. The minimum Gasteiger partial charge on any atom is -0.467 e. The Bertz CT molecular complexity index is 246. The number of methoxy groups -OCH3 is 1. The lowest BCUT2D eigenvalue weighted by Gasteiger charge is -2.19. The zero-order valence-electron chi connectivity index (χ0n) is 10.1. The van der Waals surface area contributed by atoms with Crippen LogP contribution >= 0.6 is 0 Å². The minimum absolute atomic E-state index is 0.0892. The van der Waals surface area contributed by atoms with Crippen molar-refractivity contribution in [3.63, 3.8) is 0 Å². The van der Waals surface area contributed by atoms with Crippen LogP contribution in [-0.4, -0.2) is 42.5 Å². The SMILES string of the molecule is COC(=O)C(O)CCNC(=O)OC(C)(C)C. The first kappa shape index (κ1) is 14.7. The minimum atomic E-state index is -1.22. The lowest BCUT2D eigenvalue weighted by Crippen LogP contribution is -2.35. The van der Waals surface area contributed by atoms with E-state index in [0.29, 0.717) is 0 Å². The summed E-state index contributed by atoms with van der Waals surface area (Å²) in [4.78, 5) is 21.9. The van der Waals surface area contributed by atoms with Crippen molar-refractivity contribution in [3.05, 3.63) is 0 Å². The topological polar surface area (TPSA) is 84.9 Å². The molecule has 0 aliphatic heterocycles. The average Bonchev–Trinajstić information content (AvgIpc) is 2.13. The Hall–Kier alpha value is -1.30. The summed E-state index contributed by atoms with van der Waals surface area (Å²) in [5.74, 6) is -0.717. The second kappa shape index (κ2) is 6.32. The van der Waals surface area contributed by atoms with E-state index in [0.717, 1.165) is 0 Å². The van der Waals surface area contributed by atoms with Crippen molar-refractivity contribution in [1.29, 1.82) is 0 Å². The summed E-state index contributed by atoms with van der Waals surface area (Å²) < 4.78 is 9.28. The molecule has 0 bridgehead atoms. The summed E-state index contributed by atoms with van der Waals surface area (Å²) in [6.07, 6.45) is -1.71. The first-order valence-corrected chi connectivity index (χ1v) is 4.99. The van der Waals surface area contributed by atoms with Gasteiger partial charge in [0, 0.05) is 13.0 Å². The van der Waals surface area contributed by atoms with Crippen molar-refractivity contribution in [1.82, 2.24) is 5.32 Å². The maximum atomic E-state index is 11.1. The molecule has 6 heteroatoms. The van der Waals surface area contributed by atoms with Gasteiger partial charge in [-0.15, -0.1) is 0 Å². The smallest absolute Gasteiger partial charge is 0.407 e. The molecule has 0 aromatic carbocycles. The standard InChI is InChI=1S/C10H19NO5/c1-10(2,3)16-9(14)11-6-5-7(12)8(13)15-4/h7,12H,5-6H2,1-4H3,(H,11,14). The number of carbonyl (C=O) groups is 2. The lowest BCUT2D eigenvalue weighted by molar-refractivity contribution is -0.150. The Labute approximate surface area is 94.9 Å². The molecule has 0 aliphatic carbocycles. The van der Waals surface area contributed by atoms with Crippen molar-refractivity contribution >= 4 is 12.1 Å². The van der Waals surface area contributed by atoms with Crippen LogP contribution in [0.25, 0.3) is 0 Å². The van der Waals surface area contributed by atoms with Crippen LogP contribution in [0.1, 0.15) is 27.2 Å². The van der Waals surface area contributed by atoms with E-state index in [-0.39, 0.29) is 13.0 Å². The molecule has 0 aromatic heterocycles. The molecule has 2 N–H and O–H groups in total. The van der Waals surface area contributed by atoms with Gasteiger partial charge in [-0.2, -0.15) is 0 Å². The van der Waals surface area contributed by atoms with Crippen LogP contribution in [0, 0.1) is 0 Å². The molecule has 0 radical (unpaired) electrons. The van der Waals surface area contributed by atoms with Crippen LogP contribution < -0.4 is 5.32 Å². The van der Waals surface area contributed by atoms with Gasteiger partial charge in [-0.3, -0.25) is 0 Å². The molecular formula is C10H19NO5. The molecule has 1 amide bonds. The van der Waals surface area contributed by atoms with Gasteiger partial charge in [0.05, 0.1) is 7.11 Å². The van der Waals surface area contributed by atoms with Gasteiger partial charge in [0.2, 0.25) is 0 Å². The third kappa shape index (κ3) is 7.05. The van der Waals surface area contributed by atoms with Gasteiger partial charge in [0.15, 0.2) is 6.10 Å². The lowest BCUT2D eigenvalue weighted by atomic mass is 10.2. The quantitative estimate of drug-likeness (QED) is 0.688. The van der Waals surface area contributed by atoms with E-state index < -0.39 is 23.8 Å². The number of amides is 1. The van der Waals surface area contributed by atoms with Gasteiger partial charge >= 0.3 is 12.1 Å². The van der Waals surface area contributed by atoms with Crippen molar-refractivity contribution in [2.75, 3.05) is 13.7 Å². The number of nitrogens with one attached hydrogen (secondary N) is 1. The first-order chi connectivity index (χ1) is 7.26. The number of ether oxygens (including phenoxy) is 2.